The third kappa shape index (κ3) is 3.65. The first kappa shape index (κ1) is 15.6. The van der Waals surface area contributed by atoms with E-state index in [1.807, 2.05) is 36.4 Å². The maximum atomic E-state index is 5.77. The van der Waals surface area contributed by atoms with Gasteiger partial charge in [0.25, 0.3) is 0 Å². The topological polar surface area (TPSA) is 56.5 Å². The van der Waals surface area contributed by atoms with Crippen LogP contribution in [0.4, 0.5) is 11.4 Å². The molecule has 6 heteroatoms. The average molecular weight is 367 g/mol. The lowest BCUT2D eigenvalue weighted by molar-refractivity contribution is 0.395. The summed E-state index contributed by atoms with van der Waals surface area (Å²) < 4.78 is 11.5. The van der Waals surface area contributed by atoms with Gasteiger partial charge < -0.3 is 20.5 Å². The van der Waals surface area contributed by atoms with Gasteiger partial charge in [-0.2, -0.15) is 0 Å². The summed E-state index contributed by atoms with van der Waals surface area (Å²) in [7, 11) is 3.22. The first-order valence-electron chi connectivity index (χ1n) is 6.13. The second kappa shape index (κ2) is 6.78. The van der Waals surface area contributed by atoms with Crippen molar-refractivity contribution in [3.63, 3.8) is 0 Å². The Morgan fingerprint density at radius 1 is 1.10 bits per heavy atom. The molecule has 3 N–H and O–H groups in total. The smallest absolute Gasteiger partial charge is 0.145 e. The Labute approximate surface area is 137 Å². The molecule has 0 saturated heterocycles. The molecule has 2 aromatic carbocycles. The van der Waals surface area contributed by atoms with E-state index in [4.69, 9.17) is 27.4 Å². The summed E-state index contributed by atoms with van der Waals surface area (Å²) in [6.07, 6.45) is 0. The van der Waals surface area contributed by atoms with E-state index in [1.54, 1.807) is 14.2 Å². The molecule has 0 aliphatic rings. The molecule has 0 spiro atoms. The van der Waals surface area contributed by atoms with Crippen LogP contribution in [-0.4, -0.2) is 19.2 Å². The Hall–Kier alpha value is -1.79. The molecule has 0 bridgehead atoms. The maximum absolute atomic E-state index is 5.77. The van der Waals surface area contributed by atoms with Gasteiger partial charge in [-0.25, -0.2) is 0 Å². The maximum Gasteiger partial charge on any atom is 0.145 e. The van der Waals surface area contributed by atoms with E-state index >= 15 is 0 Å². The molecule has 110 valence electrons. The van der Waals surface area contributed by atoms with Crippen molar-refractivity contribution in [3.8, 4) is 11.5 Å². The second-order valence-electron chi connectivity index (χ2n) is 4.25. The first-order valence-corrected chi connectivity index (χ1v) is 7.33. The third-order valence-corrected chi connectivity index (χ3v) is 3.64. The number of nitrogens with two attached hydrogens (primary N) is 1. The monoisotopic (exact) mass is 366 g/mol. The number of rotatable bonds is 5. The largest absolute Gasteiger partial charge is 0.497 e. The van der Waals surface area contributed by atoms with Crippen LogP contribution >= 0.6 is 28.1 Å². The van der Waals surface area contributed by atoms with Gasteiger partial charge in [0, 0.05) is 21.8 Å². The molecule has 0 aliphatic carbocycles. The summed E-state index contributed by atoms with van der Waals surface area (Å²) in [5.41, 5.74) is 8.15. The first-order chi connectivity index (χ1) is 10.0. The average Bonchev–Trinajstić information content (AvgIpc) is 2.49. The molecule has 4 nitrogen and oxygen atoms in total. The number of methoxy groups -OCH3 is 2. The molecule has 0 radical (unpaired) electrons. The number of ether oxygens (including phenoxy) is 2. The Morgan fingerprint density at radius 2 is 1.81 bits per heavy atom. The highest BCUT2D eigenvalue weighted by atomic mass is 79.9. The van der Waals surface area contributed by atoms with E-state index < -0.39 is 0 Å². The van der Waals surface area contributed by atoms with E-state index in [1.165, 1.54) is 0 Å². The van der Waals surface area contributed by atoms with Crippen LogP contribution in [0.25, 0.3) is 0 Å². The Kier molecular flexibility index (Phi) is 5.03. The Balaban J connectivity index is 2.40. The number of anilines is 2. The van der Waals surface area contributed by atoms with Gasteiger partial charge >= 0.3 is 0 Å². The molecule has 0 unspecified atom stereocenters. The fraction of sp³-hybridized carbons (Fsp3) is 0.133. The van der Waals surface area contributed by atoms with E-state index in [0.29, 0.717) is 10.7 Å². The van der Waals surface area contributed by atoms with Crippen molar-refractivity contribution in [2.75, 3.05) is 19.5 Å². The van der Waals surface area contributed by atoms with Crippen molar-refractivity contribution in [2.45, 2.75) is 0 Å². The molecule has 0 aliphatic heterocycles. The number of halogens is 1. The quantitative estimate of drug-likeness (QED) is 0.787. The summed E-state index contributed by atoms with van der Waals surface area (Å²) in [5.74, 6) is 1.40. The van der Waals surface area contributed by atoms with Gasteiger partial charge in [-0.3, -0.25) is 0 Å². The minimum atomic E-state index is 0.325. The summed E-state index contributed by atoms with van der Waals surface area (Å²) in [6, 6.07) is 11.2. The van der Waals surface area contributed by atoms with Crippen LogP contribution in [0.5, 0.6) is 11.5 Å². The molecule has 2 aromatic rings. The molecule has 21 heavy (non-hydrogen) atoms. The number of thiocarbonyl (C=S) groups is 1. The Morgan fingerprint density at radius 3 is 2.43 bits per heavy atom. The van der Waals surface area contributed by atoms with Gasteiger partial charge in [0.2, 0.25) is 0 Å². The minimum absolute atomic E-state index is 0.325. The van der Waals surface area contributed by atoms with Crippen molar-refractivity contribution in [2.24, 2.45) is 5.73 Å². The van der Waals surface area contributed by atoms with Crippen molar-refractivity contribution in [1.29, 1.82) is 0 Å². The van der Waals surface area contributed by atoms with E-state index in [0.717, 1.165) is 27.2 Å². The third-order valence-electron chi connectivity index (χ3n) is 2.93. The highest BCUT2D eigenvalue weighted by molar-refractivity contribution is 9.10. The number of hydrogen-bond donors (Lipinski definition) is 2. The van der Waals surface area contributed by atoms with Crippen molar-refractivity contribution >= 4 is 44.5 Å². The molecule has 0 heterocycles. The lowest BCUT2D eigenvalue weighted by Crippen LogP contribution is -2.12. The van der Waals surface area contributed by atoms with E-state index in [9.17, 15) is 0 Å². The number of benzene rings is 2. The Bertz CT molecular complexity index is 677. The summed E-state index contributed by atoms with van der Waals surface area (Å²) in [6.45, 7) is 0. The summed E-state index contributed by atoms with van der Waals surface area (Å²) in [4.78, 5) is 0.325. The van der Waals surface area contributed by atoms with E-state index in [-0.39, 0.29) is 0 Å². The van der Waals surface area contributed by atoms with Crippen LogP contribution in [0.15, 0.2) is 40.9 Å². The molecule has 2 rings (SSSR count). The molecule has 0 amide bonds. The minimum Gasteiger partial charge on any atom is -0.497 e. The predicted octanol–water partition coefficient (Wildman–Crippen LogP) is 3.84. The summed E-state index contributed by atoms with van der Waals surface area (Å²) >= 11 is 8.50. The predicted molar refractivity (Wildman–Crippen MR) is 92.9 cm³/mol. The molecule has 0 fully saturated rings. The normalized spacial score (nSPS) is 10.0. The van der Waals surface area contributed by atoms with Crippen LogP contribution in [0.2, 0.25) is 0 Å². The number of hydrogen-bond acceptors (Lipinski definition) is 4. The van der Waals surface area contributed by atoms with Gasteiger partial charge in [0.1, 0.15) is 16.5 Å². The van der Waals surface area contributed by atoms with Crippen LogP contribution in [-0.2, 0) is 0 Å². The molecular weight excluding hydrogens is 352 g/mol. The van der Waals surface area contributed by atoms with Gasteiger partial charge in [0.05, 0.1) is 19.9 Å². The van der Waals surface area contributed by atoms with Gasteiger partial charge in [-0.1, -0.05) is 28.1 Å². The zero-order valence-corrected chi connectivity index (χ0v) is 14.0. The zero-order valence-electron chi connectivity index (χ0n) is 11.6. The molecule has 0 atom stereocenters. The SMILES string of the molecule is COc1ccc(Nc2ccc(Br)cc2C(N)=S)c(OC)c1. The van der Waals surface area contributed by atoms with Crippen LogP contribution in [0, 0.1) is 0 Å². The van der Waals surface area contributed by atoms with Crippen LogP contribution < -0.4 is 20.5 Å². The standard InChI is InChI=1S/C15H15BrN2O2S/c1-19-10-4-6-13(14(8-10)20-2)18-12-5-3-9(16)7-11(12)15(17)21/h3-8,18H,1-2H3,(H2,17,21). The van der Waals surface area contributed by atoms with Crippen molar-refractivity contribution in [3.05, 3.63) is 46.4 Å². The molecule has 0 saturated carbocycles. The van der Waals surface area contributed by atoms with Gasteiger partial charge in [-0.05, 0) is 30.3 Å². The van der Waals surface area contributed by atoms with E-state index in [2.05, 4.69) is 21.2 Å². The lowest BCUT2D eigenvalue weighted by Gasteiger charge is -2.15. The van der Waals surface area contributed by atoms with Crippen molar-refractivity contribution < 1.29 is 9.47 Å². The van der Waals surface area contributed by atoms with Crippen molar-refractivity contribution in [1.82, 2.24) is 0 Å². The molecule has 0 aromatic heterocycles. The van der Waals surface area contributed by atoms with Gasteiger partial charge in [0.15, 0.2) is 0 Å². The molecular formula is C15H15BrN2O2S. The second-order valence-corrected chi connectivity index (χ2v) is 5.60. The summed E-state index contributed by atoms with van der Waals surface area (Å²) in [5, 5.41) is 3.28. The highest BCUT2D eigenvalue weighted by Gasteiger charge is 2.10. The van der Waals surface area contributed by atoms with Crippen LogP contribution in [0.3, 0.4) is 0 Å². The number of nitrogens with one attached hydrogen (secondary N) is 1. The highest BCUT2D eigenvalue weighted by Crippen LogP contribution is 2.33. The van der Waals surface area contributed by atoms with Gasteiger partial charge in [-0.15, -0.1) is 0 Å². The lowest BCUT2D eigenvalue weighted by atomic mass is 10.1. The fourth-order valence-electron chi connectivity index (χ4n) is 1.88. The zero-order chi connectivity index (χ0) is 15.4. The fourth-order valence-corrected chi connectivity index (χ4v) is 2.41. The van der Waals surface area contributed by atoms with Crippen LogP contribution in [0.1, 0.15) is 5.56 Å².